The van der Waals surface area contributed by atoms with E-state index >= 15 is 0 Å². The van der Waals surface area contributed by atoms with Gasteiger partial charge in [0.2, 0.25) is 5.91 Å². The van der Waals surface area contributed by atoms with E-state index in [1.165, 1.54) is 0 Å². The maximum Gasteiger partial charge on any atom is 0.237 e. The molecule has 0 aliphatic heterocycles. The predicted molar refractivity (Wildman–Crippen MR) is 83.6 cm³/mol. The summed E-state index contributed by atoms with van der Waals surface area (Å²) in [6.45, 7) is 8.38. The molecule has 0 spiro atoms. The third-order valence-corrected chi connectivity index (χ3v) is 3.70. The Morgan fingerprint density at radius 3 is 2.15 bits per heavy atom. The Morgan fingerprint density at radius 2 is 1.70 bits per heavy atom. The van der Waals surface area contributed by atoms with Crippen LogP contribution in [0.2, 0.25) is 0 Å². The van der Waals surface area contributed by atoms with E-state index in [9.17, 15) is 9.59 Å². The summed E-state index contributed by atoms with van der Waals surface area (Å²) in [6, 6.07) is -0.233. The molecule has 0 rings (SSSR count). The van der Waals surface area contributed by atoms with Crippen LogP contribution in [-0.2, 0) is 9.59 Å². The van der Waals surface area contributed by atoms with Gasteiger partial charge in [0.05, 0.1) is 12.6 Å². The molecule has 0 saturated heterocycles. The second-order valence-electron chi connectivity index (χ2n) is 5.82. The molecular weight excluding hydrogens is 252 g/mol. The third-order valence-electron chi connectivity index (χ3n) is 3.70. The van der Waals surface area contributed by atoms with Gasteiger partial charge in [-0.3, -0.25) is 9.59 Å². The van der Waals surface area contributed by atoms with Gasteiger partial charge in [-0.25, -0.2) is 0 Å². The van der Waals surface area contributed by atoms with Crippen molar-refractivity contribution in [3.63, 3.8) is 0 Å². The number of Topliss-reactive ketones (excluding diaryl/α,β-unsaturated/α-hetero) is 1. The first kappa shape index (κ1) is 19.1. The van der Waals surface area contributed by atoms with Gasteiger partial charge in [-0.1, -0.05) is 47.0 Å². The van der Waals surface area contributed by atoms with E-state index in [1.54, 1.807) is 7.05 Å². The van der Waals surface area contributed by atoms with Crippen molar-refractivity contribution in [1.29, 1.82) is 0 Å². The number of carbonyl (C=O) groups excluding carboxylic acids is 2. The zero-order chi connectivity index (χ0) is 15.5. The molecule has 0 fully saturated rings. The monoisotopic (exact) mass is 284 g/mol. The molecule has 0 radical (unpaired) electrons. The van der Waals surface area contributed by atoms with E-state index in [0.29, 0.717) is 0 Å². The highest BCUT2D eigenvalue weighted by molar-refractivity contribution is 5.89. The van der Waals surface area contributed by atoms with Gasteiger partial charge in [-0.05, 0) is 25.8 Å². The molecule has 0 heterocycles. The van der Waals surface area contributed by atoms with Crippen LogP contribution >= 0.6 is 0 Å². The third kappa shape index (κ3) is 7.04. The van der Waals surface area contributed by atoms with E-state index in [-0.39, 0.29) is 36.1 Å². The minimum absolute atomic E-state index is 0.0819. The second-order valence-corrected chi connectivity index (χ2v) is 5.82. The maximum atomic E-state index is 12.2. The quantitative estimate of drug-likeness (QED) is 0.613. The maximum absolute atomic E-state index is 12.2. The first-order valence-electron chi connectivity index (χ1n) is 7.95. The molecule has 0 aliphatic rings. The van der Waals surface area contributed by atoms with Crippen molar-refractivity contribution in [3.05, 3.63) is 0 Å². The first-order chi connectivity index (χ1) is 9.47. The SMILES string of the molecule is CCCCC(CCC)C(=O)CNC(=O)C(NC)C(C)C. The van der Waals surface area contributed by atoms with Crippen LogP contribution in [0.4, 0.5) is 0 Å². The minimum atomic E-state index is -0.233. The Bertz CT molecular complexity index is 290. The number of likely N-dealkylation sites (N-methyl/N-ethyl adjacent to an activating group) is 1. The molecule has 118 valence electrons. The van der Waals surface area contributed by atoms with Gasteiger partial charge in [-0.2, -0.15) is 0 Å². The summed E-state index contributed by atoms with van der Waals surface area (Å²) in [6.07, 6.45) is 5.07. The normalized spacial score (nSPS) is 14.1. The van der Waals surface area contributed by atoms with Gasteiger partial charge in [-0.15, -0.1) is 0 Å². The lowest BCUT2D eigenvalue weighted by molar-refractivity contribution is -0.128. The van der Waals surface area contributed by atoms with Gasteiger partial charge in [0.1, 0.15) is 0 Å². The average Bonchev–Trinajstić information content (AvgIpc) is 2.41. The zero-order valence-corrected chi connectivity index (χ0v) is 13.8. The minimum Gasteiger partial charge on any atom is -0.348 e. The Morgan fingerprint density at radius 1 is 1.05 bits per heavy atom. The Balaban J connectivity index is 4.32. The molecule has 1 amide bonds. The molecule has 2 N–H and O–H groups in total. The molecule has 2 atom stereocenters. The molecule has 0 aromatic carbocycles. The number of carbonyl (C=O) groups is 2. The second kappa shape index (κ2) is 10.8. The molecule has 0 aromatic rings. The number of nitrogens with one attached hydrogen (secondary N) is 2. The van der Waals surface area contributed by atoms with Crippen molar-refractivity contribution in [2.75, 3.05) is 13.6 Å². The smallest absolute Gasteiger partial charge is 0.237 e. The molecule has 20 heavy (non-hydrogen) atoms. The summed E-state index contributed by atoms with van der Waals surface area (Å²) in [7, 11) is 1.77. The fourth-order valence-corrected chi connectivity index (χ4v) is 2.46. The van der Waals surface area contributed by atoms with Crippen LogP contribution in [0.1, 0.15) is 59.8 Å². The van der Waals surface area contributed by atoms with Gasteiger partial charge < -0.3 is 10.6 Å². The first-order valence-corrected chi connectivity index (χ1v) is 7.95. The van der Waals surface area contributed by atoms with Gasteiger partial charge in [0.25, 0.3) is 0 Å². The van der Waals surface area contributed by atoms with E-state index in [1.807, 2.05) is 13.8 Å². The lowest BCUT2D eigenvalue weighted by atomic mass is 9.92. The highest BCUT2D eigenvalue weighted by atomic mass is 16.2. The number of hydrogen-bond donors (Lipinski definition) is 2. The zero-order valence-electron chi connectivity index (χ0n) is 13.8. The fraction of sp³-hybridized carbons (Fsp3) is 0.875. The standard InChI is InChI=1S/C16H32N2O2/c1-6-8-10-13(9-7-2)14(19)11-18-16(20)15(17-5)12(3)4/h12-13,15,17H,6-11H2,1-5H3,(H,18,20). The van der Waals surface area contributed by atoms with Crippen LogP contribution in [0.3, 0.4) is 0 Å². The summed E-state index contributed by atoms with van der Waals surface area (Å²) in [5.74, 6) is 0.405. The van der Waals surface area contributed by atoms with Crippen molar-refractivity contribution in [3.8, 4) is 0 Å². The highest BCUT2D eigenvalue weighted by Crippen LogP contribution is 2.15. The molecule has 0 aliphatic carbocycles. The van der Waals surface area contributed by atoms with Crippen LogP contribution in [0.25, 0.3) is 0 Å². The van der Waals surface area contributed by atoms with Crippen molar-refractivity contribution in [2.45, 2.75) is 65.8 Å². The van der Waals surface area contributed by atoms with Crippen molar-refractivity contribution >= 4 is 11.7 Å². The number of rotatable bonds is 11. The molecule has 4 heteroatoms. The summed E-state index contributed by atoms with van der Waals surface area (Å²) in [5, 5.41) is 5.77. The molecular formula is C16H32N2O2. The highest BCUT2D eigenvalue weighted by Gasteiger charge is 2.22. The molecule has 0 saturated carbocycles. The summed E-state index contributed by atoms with van der Waals surface area (Å²) < 4.78 is 0. The van der Waals surface area contributed by atoms with Crippen molar-refractivity contribution in [2.24, 2.45) is 11.8 Å². The van der Waals surface area contributed by atoms with Crippen LogP contribution in [0.5, 0.6) is 0 Å². The summed E-state index contributed by atoms with van der Waals surface area (Å²) >= 11 is 0. The van der Waals surface area contributed by atoms with E-state index < -0.39 is 0 Å². The molecule has 2 unspecified atom stereocenters. The predicted octanol–water partition coefficient (Wildman–Crippen LogP) is 2.52. The lowest BCUT2D eigenvalue weighted by Gasteiger charge is -2.20. The number of ketones is 1. The van der Waals surface area contributed by atoms with Crippen LogP contribution in [0, 0.1) is 11.8 Å². The van der Waals surface area contributed by atoms with E-state index in [4.69, 9.17) is 0 Å². The lowest BCUT2D eigenvalue weighted by Crippen LogP contribution is -2.47. The largest absolute Gasteiger partial charge is 0.348 e. The average molecular weight is 284 g/mol. The topological polar surface area (TPSA) is 58.2 Å². The molecule has 0 bridgehead atoms. The number of unbranched alkanes of at least 4 members (excludes halogenated alkanes) is 1. The van der Waals surface area contributed by atoms with E-state index in [0.717, 1.165) is 32.1 Å². The van der Waals surface area contributed by atoms with Gasteiger partial charge in [0.15, 0.2) is 5.78 Å². The van der Waals surface area contributed by atoms with Gasteiger partial charge in [0, 0.05) is 5.92 Å². The van der Waals surface area contributed by atoms with Crippen LogP contribution in [0.15, 0.2) is 0 Å². The molecule has 4 nitrogen and oxygen atoms in total. The number of hydrogen-bond acceptors (Lipinski definition) is 3. The van der Waals surface area contributed by atoms with E-state index in [2.05, 4.69) is 24.5 Å². The Hall–Kier alpha value is -0.900. The van der Waals surface area contributed by atoms with Crippen LogP contribution < -0.4 is 10.6 Å². The summed E-state index contributed by atoms with van der Waals surface area (Å²) in [4.78, 5) is 24.2. The van der Waals surface area contributed by atoms with Crippen molar-refractivity contribution < 1.29 is 9.59 Å². The summed E-state index contributed by atoms with van der Waals surface area (Å²) in [5.41, 5.74) is 0. The Kier molecular flexibility index (Phi) is 10.3. The Labute approximate surface area is 124 Å². The van der Waals surface area contributed by atoms with Crippen molar-refractivity contribution in [1.82, 2.24) is 10.6 Å². The number of amides is 1. The fourth-order valence-electron chi connectivity index (χ4n) is 2.46. The van der Waals surface area contributed by atoms with Crippen LogP contribution in [-0.4, -0.2) is 31.3 Å². The van der Waals surface area contributed by atoms with Gasteiger partial charge >= 0.3 is 0 Å². The molecule has 0 aromatic heterocycles.